The van der Waals surface area contributed by atoms with E-state index < -0.39 is 11.8 Å². The first kappa shape index (κ1) is 27.6. The summed E-state index contributed by atoms with van der Waals surface area (Å²) in [5.74, 6) is 0.595. The molecule has 0 heterocycles. The molecule has 3 N–H and O–H groups in total. The molecular formula is C25H32BrN3O4S. The fourth-order valence-electron chi connectivity index (χ4n) is 2.98. The number of halogens is 1. The van der Waals surface area contributed by atoms with E-state index in [1.807, 2.05) is 30.3 Å². The Balaban J connectivity index is 1.80. The zero-order chi connectivity index (χ0) is 24.9. The largest absolute Gasteiger partial charge is 0.493 e. The molecule has 0 radical (unpaired) electrons. The Morgan fingerprint density at radius 1 is 1.00 bits per heavy atom. The molecule has 0 aromatic heterocycles. The molecule has 2 amide bonds. The highest BCUT2D eigenvalue weighted by Gasteiger charge is 2.15. The van der Waals surface area contributed by atoms with Crippen molar-refractivity contribution in [3.05, 3.63) is 58.1 Å². The number of hydrogen-bond donors (Lipinski definition) is 3. The molecule has 0 saturated carbocycles. The van der Waals surface area contributed by atoms with Crippen molar-refractivity contribution in [2.45, 2.75) is 52.4 Å². The van der Waals surface area contributed by atoms with Crippen LogP contribution in [0.25, 0.3) is 0 Å². The number of benzene rings is 2. The molecule has 0 fully saturated rings. The fraction of sp³-hybridized carbons (Fsp3) is 0.400. The zero-order valence-corrected chi connectivity index (χ0v) is 22.2. The fourth-order valence-corrected chi connectivity index (χ4v) is 3.48. The van der Waals surface area contributed by atoms with Gasteiger partial charge < -0.3 is 9.47 Å². The summed E-state index contributed by atoms with van der Waals surface area (Å²) >= 11 is 8.50. The summed E-state index contributed by atoms with van der Waals surface area (Å²) in [7, 11) is 0. The van der Waals surface area contributed by atoms with Crippen LogP contribution < -0.4 is 25.6 Å². The first-order valence-electron chi connectivity index (χ1n) is 11.4. The van der Waals surface area contributed by atoms with E-state index in [4.69, 9.17) is 21.7 Å². The van der Waals surface area contributed by atoms with Gasteiger partial charge in [-0.25, -0.2) is 0 Å². The minimum atomic E-state index is -0.446. The molecule has 2 aromatic rings. The van der Waals surface area contributed by atoms with Gasteiger partial charge in [0.2, 0.25) is 0 Å². The molecule has 0 unspecified atom stereocenters. The highest BCUT2D eigenvalue weighted by atomic mass is 79.9. The van der Waals surface area contributed by atoms with Crippen LogP contribution in [0.3, 0.4) is 0 Å². The molecule has 0 spiro atoms. The van der Waals surface area contributed by atoms with E-state index in [0.29, 0.717) is 29.6 Å². The Bertz CT molecular complexity index is 967. The quantitative estimate of drug-likeness (QED) is 0.201. The van der Waals surface area contributed by atoms with Gasteiger partial charge in [-0.1, -0.05) is 68.1 Å². The van der Waals surface area contributed by atoms with Gasteiger partial charge in [-0.3, -0.25) is 25.8 Å². The molecule has 2 rings (SSSR count). The van der Waals surface area contributed by atoms with Crippen LogP contribution in [0.15, 0.2) is 46.9 Å². The molecule has 0 aliphatic carbocycles. The number of hydrazine groups is 1. The molecule has 9 heteroatoms. The zero-order valence-electron chi connectivity index (χ0n) is 19.8. The van der Waals surface area contributed by atoms with Crippen LogP contribution in [0.2, 0.25) is 0 Å². The van der Waals surface area contributed by atoms with Crippen LogP contribution in [0.4, 0.5) is 0 Å². The molecule has 34 heavy (non-hydrogen) atoms. The van der Waals surface area contributed by atoms with E-state index in [2.05, 4.69) is 52.9 Å². The maximum atomic E-state index is 12.7. The number of rotatable bonds is 11. The van der Waals surface area contributed by atoms with Gasteiger partial charge in [0.25, 0.3) is 11.8 Å². The molecule has 0 aliphatic rings. The van der Waals surface area contributed by atoms with Crippen molar-refractivity contribution in [1.82, 2.24) is 16.2 Å². The first-order valence-corrected chi connectivity index (χ1v) is 12.6. The van der Waals surface area contributed by atoms with E-state index >= 15 is 0 Å². The third-order valence-corrected chi connectivity index (χ3v) is 5.60. The lowest BCUT2D eigenvalue weighted by molar-refractivity contribution is -0.123. The highest BCUT2D eigenvalue weighted by molar-refractivity contribution is 9.10. The predicted molar refractivity (Wildman–Crippen MR) is 141 cm³/mol. The first-order chi connectivity index (χ1) is 16.3. The van der Waals surface area contributed by atoms with Gasteiger partial charge >= 0.3 is 0 Å². The Hall–Kier alpha value is -2.65. The second kappa shape index (κ2) is 14.6. The van der Waals surface area contributed by atoms with Crippen molar-refractivity contribution in [1.29, 1.82) is 0 Å². The van der Waals surface area contributed by atoms with Gasteiger partial charge in [0.15, 0.2) is 11.7 Å². The van der Waals surface area contributed by atoms with E-state index in [1.165, 1.54) is 5.56 Å². The number of nitrogens with one attached hydrogen (secondary N) is 3. The maximum Gasteiger partial charge on any atom is 0.276 e. The average Bonchev–Trinajstić information content (AvgIpc) is 2.82. The number of amides is 2. The number of carbonyl (C=O) groups is 2. The van der Waals surface area contributed by atoms with Crippen LogP contribution >= 0.6 is 28.1 Å². The Morgan fingerprint density at radius 2 is 1.74 bits per heavy atom. The van der Waals surface area contributed by atoms with E-state index in [-0.39, 0.29) is 11.7 Å². The monoisotopic (exact) mass is 549 g/mol. The van der Waals surface area contributed by atoms with Crippen molar-refractivity contribution in [2.75, 3.05) is 13.2 Å². The number of ether oxygens (including phenoxy) is 2. The SMILES string of the molecule is CCCCCCOc1ccc(Br)cc1C(=O)NC(=S)NNC(=O)COc1ccc(C(C)C)cc1. The Morgan fingerprint density at radius 3 is 2.41 bits per heavy atom. The minimum absolute atomic E-state index is 0.0477. The van der Waals surface area contributed by atoms with Gasteiger partial charge in [-0.05, 0) is 60.5 Å². The molecular weight excluding hydrogens is 518 g/mol. The van der Waals surface area contributed by atoms with Crippen molar-refractivity contribution in [2.24, 2.45) is 0 Å². The summed E-state index contributed by atoms with van der Waals surface area (Å²) in [6, 6.07) is 12.8. The second-order valence-corrected chi connectivity index (χ2v) is 9.34. The molecule has 2 aromatic carbocycles. The van der Waals surface area contributed by atoms with Gasteiger partial charge in [0.05, 0.1) is 12.2 Å². The molecule has 0 atom stereocenters. The van der Waals surface area contributed by atoms with E-state index in [9.17, 15) is 9.59 Å². The van der Waals surface area contributed by atoms with Crippen LogP contribution in [-0.4, -0.2) is 30.1 Å². The lowest BCUT2D eigenvalue weighted by Gasteiger charge is -2.14. The summed E-state index contributed by atoms with van der Waals surface area (Å²) in [4.78, 5) is 24.8. The standard InChI is InChI=1S/C25H32BrN3O4S/c1-4-5-6-7-14-32-22-13-10-19(26)15-21(22)24(31)27-25(34)29-28-23(30)16-33-20-11-8-18(9-12-20)17(2)3/h8-13,15,17H,4-7,14,16H2,1-3H3,(H,28,30)(H2,27,29,31,34). The van der Waals surface area contributed by atoms with Crippen LogP contribution in [0.1, 0.15) is 68.3 Å². The van der Waals surface area contributed by atoms with Crippen LogP contribution in [0, 0.1) is 0 Å². The third-order valence-electron chi connectivity index (χ3n) is 4.90. The number of thiocarbonyl (C=S) groups is 1. The second-order valence-electron chi connectivity index (χ2n) is 8.02. The van der Waals surface area contributed by atoms with Crippen molar-refractivity contribution >= 4 is 45.1 Å². The van der Waals surface area contributed by atoms with Gasteiger partial charge in [0.1, 0.15) is 11.5 Å². The van der Waals surface area contributed by atoms with Crippen LogP contribution in [-0.2, 0) is 4.79 Å². The summed E-state index contributed by atoms with van der Waals surface area (Å²) in [6.07, 6.45) is 4.29. The Labute approximate surface area is 215 Å². The molecule has 0 bridgehead atoms. The topological polar surface area (TPSA) is 88.7 Å². The van der Waals surface area contributed by atoms with Crippen molar-refractivity contribution in [3.63, 3.8) is 0 Å². The van der Waals surface area contributed by atoms with Gasteiger partial charge in [-0.15, -0.1) is 0 Å². The molecule has 7 nitrogen and oxygen atoms in total. The lowest BCUT2D eigenvalue weighted by atomic mass is 10.0. The Kier molecular flexibility index (Phi) is 11.8. The van der Waals surface area contributed by atoms with Crippen LogP contribution in [0.5, 0.6) is 11.5 Å². The van der Waals surface area contributed by atoms with Gasteiger partial charge in [-0.2, -0.15) is 0 Å². The predicted octanol–water partition coefficient (Wildman–Crippen LogP) is 5.25. The number of unbranched alkanes of at least 4 members (excludes halogenated alkanes) is 3. The molecule has 184 valence electrons. The molecule has 0 saturated heterocycles. The van der Waals surface area contributed by atoms with E-state index in [1.54, 1.807) is 12.1 Å². The van der Waals surface area contributed by atoms with Gasteiger partial charge in [0, 0.05) is 4.47 Å². The highest BCUT2D eigenvalue weighted by Crippen LogP contribution is 2.24. The number of carbonyl (C=O) groups excluding carboxylic acids is 2. The smallest absolute Gasteiger partial charge is 0.276 e. The third kappa shape index (κ3) is 9.69. The maximum absolute atomic E-state index is 12.7. The van der Waals surface area contributed by atoms with E-state index in [0.717, 1.165) is 30.2 Å². The normalized spacial score (nSPS) is 10.5. The molecule has 0 aliphatic heterocycles. The lowest BCUT2D eigenvalue weighted by Crippen LogP contribution is -2.49. The van der Waals surface area contributed by atoms with Crippen molar-refractivity contribution < 1.29 is 19.1 Å². The average molecular weight is 551 g/mol. The summed E-state index contributed by atoms with van der Waals surface area (Å²) in [6.45, 7) is 6.69. The summed E-state index contributed by atoms with van der Waals surface area (Å²) in [5, 5.41) is 2.50. The van der Waals surface area contributed by atoms with Crippen molar-refractivity contribution in [3.8, 4) is 11.5 Å². The minimum Gasteiger partial charge on any atom is -0.493 e. The summed E-state index contributed by atoms with van der Waals surface area (Å²) in [5.41, 5.74) is 6.45. The number of hydrogen-bond acceptors (Lipinski definition) is 5. The summed E-state index contributed by atoms with van der Waals surface area (Å²) < 4.78 is 12.0.